The van der Waals surface area contributed by atoms with Crippen molar-refractivity contribution >= 4 is 5.78 Å². The number of methoxy groups -OCH3 is 1. The van der Waals surface area contributed by atoms with Gasteiger partial charge in [0.25, 0.3) is 0 Å². The Bertz CT molecular complexity index is 266. The van der Waals surface area contributed by atoms with Crippen LogP contribution in [0.2, 0.25) is 0 Å². The smallest absolute Gasteiger partial charge is 0.159 e. The van der Waals surface area contributed by atoms with E-state index < -0.39 is 0 Å². The van der Waals surface area contributed by atoms with Gasteiger partial charge in [-0.3, -0.25) is 4.79 Å². The molecule has 0 heterocycles. The van der Waals surface area contributed by atoms with Gasteiger partial charge in [-0.25, -0.2) is 0 Å². The molecule has 0 spiro atoms. The molecule has 0 aromatic rings. The summed E-state index contributed by atoms with van der Waals surface area (Å²) >= 11 is 0. The summed E-state index contributed by atoms with van der Waals surface area (Å²) in [6, 6.07) is 0. The van der Waals surface area contributed by atoms with Gasteiger partial charge in [-0.1, -0.05) is 0 Å². The summed E-state index contributed by atoms with van der Waals surface area (Å²) in [7, 11) is 1.60. The highest BCUT2D eigenvalue weighted by Gasteiger charge is 2.02. The average molecular weight is 178 g/mol. The Morgan fingerprint density at radius 1 is 1.31 bits per heavy atom. The first-order valence-corrected chi connectivity index (χ1v) is 4.56. The van der Waals surface area contributed by atoms with E-state index in [-0.39, 0.29) is 5.78 Å². The number of hydrogen-bond acceptors (Lipinski definition) is 2. The first kappa shape index (κ1) is 9.85. The van der Waals surface area contributed by atoms with E-state index in [1.165, 1.54) is 0 Å². The Morgan fingerprint density at radius 3 is 2.85 bits per heavy atom. The molecule has 0 aromatic heterocycles. The van der Waals surface area contributed by atoms with Crippen molar-refractivity contribution in [3.8, 4) is 11.8 Å². The van der Waals surface area contributed by atoms with Crippen LogP contribution >= 0.6 is 0 Å². The van der Waals surface area contributed by atoms with Gasteiger partial charge in [0, 0.05) is 31.8 Å². The van der Waals surface area contributed by atoms with Gasteiger partial charge in [0.1, 0.15) is 0 Å². The molecule has 0 saturated carbocycles. The predicted molar refractivity (Wildman–Crippen MR) is 51.0 cm³/mol. The molecule has 13 heavy (non-hydrogen) atoms. The highest BCUT2D eigenvalue weighted by molar-refractivity contribution is 5.90. The van der Waals surface area contributed by atoms with E-state index in [0.717, 1.165) is 31.4 Å². The van der Waals surface area contributed by atoms with E-state index in [9.17, 15) is 4.79 Å². The number of ketones is 1. The number of allylic oxidation sites excluding steroid dienone is 2. The minimum Gasteiger partial charge on any atom is -0.501 e. The maximum atomic E-state index is 11.3. The van der Waals surface area contributed by atoms with Crippen molar-refractivity contribution in [2.75, 3.05) is 7.11 Å². The molecule has 0 N–H and O–H groups in total. The fraction of sp³-hybridized carbons (Fsp3) is 0.545. The van der Waals surface area contributed by atoms with Crippen molar-refractivity contribution in [3.05, 3.63) is 11.8 Å². The van der Waals surface area contributed by atoms with Gasteiger partial charge in [-0.15, -0.1) is 11.8 Å². The van der Waals surface area contributed by atoms with E-state index in [2.05, 4.69) is 11.8 Å². The van der Waals surface area contributed by atoms with E-state index in [0.29, 0.717) is 6.42 Å². The van der Waals surface area contributed by atoms with Crippen LogP contribution in [0, 0.1) is 11.8 Å². The topological polar surface area (TPSA) is 26.3 Å². The number of rotatable bonds is 1. The molecule has 0 unspecified atom stereocenters. The van der Waals surface area contributed by atoms with Crippen LogP contribution in [0.25, 0.3) is 0 Å². The molecule has 1 aliphatic rings. The molecule has 0 fully saturated rings. The Balaban J connectivity index is 2.63. The molecule has 0 bridgehead atoms. The molecule has 2 heteroatoms. The lowest BCUT2D eigenvalue weighted by atomic mass is 10.1. The van der Waals surface area contributed by atoms with E-state index >= 15 is 0 Å². The fourth-order valence-corrected chi connectivity index (χ4v) is 1.20. The summed E-state index contributed by atoms with van der Waals surface area (Å²) in [6.07, 6.45) is 5.41. The molecule has 0 amide bonds. The van der Waals surface area contributed by atoms with Crippen molar-refractivity contribution in [2.45, 2.75) is 32.1 Å². The standard InChI is InChI=1S/C11H14O2/c1-13-11-8-6-4-2-3-5-7-10(12)9-11/h9H,3,5-8H2,1H3/b11-9-. The van der Waals surface area contributed by atoms with E-state index in [1.54, 1.807) is 13.2 Å². The van der Waals surface area contributed by atoms with Crippen LogP contribution in [0.1, 0.15) is 32.1 Å². The maximum Gasteiger partial charge on any atom is 0.159 e. The van der Waals surface area contributed by atoms with E-state index in [4.69, 9.17) is 4.74 Å². The van der Waals surface area contributed by atoms with Gasteiger partial charge in [-0.2, -0.15) is 0 Å². The van der Waals surface area contributed by atoms with Crippen molar-refractivity contribution in [2.24, 2.45) is 0 Å². The first-order chi connectivity index (χ1) is 6.33. The average Bonchev–Trinajstić information content (AvgIpc) is 2.15. The lowest BCUT2D eigenvalue weighted by Gasteiger charge is -2.04. The Labute approximate surface area is 79.0 Å². The van der Waals surface area contributed by atoms with Gasteiger partial charge in [0.15, 0.2) is 5.78 Å². The Hall–Kier alpha value is -1.23. The van der Waals surface area contributed by atoms with Crippen LogP contribution in [0.4, 0.5) is 0 Å². The fourth-order valence-electron chi connectivity index (χ4n) is 1.20. The summed E-state index contributed by atoms with van der Waals surface area (Å²) in [6.45, 7) is 0. The first-order valence-electron chi connectivity index (χ1n) is 4.56. The number of carbonyl (C=O) groups excluding carboxylic acids is 1. The lowest BCUT2D eigenvalue weighted by molar-refractivity contribution is -0.114. The van der Waals surface area contributed by atoms with Crippen molar-refractivity contribution < 1.29 is 9.53 Å². The Kier molecular flexibility index (Phi) is 4.11. The summed E-state index contributed by atoms with van der Waals surface area (Å²) in [5.41, 5.74) is 0. The second kappa shape index (κ2) is 5.42. The van der Waals surface area contributed by atoms with Gasteiger partial charge in [0.2, 0.25) is 0 Å². The van der Waals surface area contributed by atoms with Gasteiger partial charge in [-0.05, 0) is 6.42 Å². The summed E-state index contributed by atoms with van der Waals surface area (Å²) in [5.74, 6) is 6.99. The van der Waals surface area contributed by atoms with E-state index in [1.807, 2.05) is 0 Å². The summed E-state index contributed by atoms with van der Waals surface area (Å²) in [4.78, 5) is 11.3. The molecule has 0 saturated heterocycles. The minimum absolute atomic E-state index is 0.153. The van der Waals surface area contributed by atoms with Crippen molar-refractivity contribution in [1.29, 1.82) is 0 Å². The normalized spacial score (nSPS) is 22.2. The second-order valence-corrected chi connectivity index (χ2v) is 2.99. The van der Waals surface area contributed by atoms with Crippen molar-refractivity contribution in [1.82, 2.24) is 0 Å². The second-order valence-electron chi connectivity index (χ2n) is 2.99. The molecule has 2 nitrogen and oxygen atoms in total. The van der Waals surface area contributed by atoms with Crippen molar-refractivity contribution in [3.63, 3.8) is 0 Å². The highest BCUT2D eigenvalue weighted by atomic mass is 16.5. The number of hydrogen-bond donors (Lipinski definition) is 0. The van der Waals surface area contributed by atoms with Crippen LogP contribution < -0.4 is 0 Å². The maximum absolute atomic E-state index is 11.3. The predicted octanol–water partition coefficient (Wildman–Crippen LogP) is 2.05. The lowest BCUT2D eigenvalue weighted by Crippen LogP contribution is -1.98. The van der Waals surface area contributed by atoms with Crippen LogP contribution in [0.15, 0.2) is 11.8 Å². The zero-order valence-electron chi connectivity index (χ0n) is 7.93. The van der Waals surface area contributed by atoms with Crippen LogP contribution in [0.5, 0.6) is 0 Å². The van der Waals surface area contributed by atoms with Gasteiger partial charge < -0.3 is 4.74 Å². The van der Waals surface area contributed by atoms with Crippen LogP contribution in [0.3, 0.4) is 0 Å². The van der Waals surface area contributed by atoms with Gasteiger partial charge >= 0.3 is 0 Å². The molecule has 0 aliphatic heterocycles. The SMILES string of the molecule is CO/C1=C\C(=O)CCCC#CCC1. The largest absolute Gasteiger partial charge is 0.501 e. The monoisotopic (exact) mass is 178 g/mol. The molecular weight excluding hydrogens is 164 g/mol. The zero-order chi connectivity index (χ0) is 9.52. The third-order valence-corrected chi connectivity index (χ3v) is 1.93. The third kappa shape index (κ3) is 3.80. The third-order valence-electron chi connectivity index (χ3n) is 1.93. The molecule has 0 atom stereocenters. The minimum atomic E-state index is 0.153. The van der Waals surface area contributed by atoms with Gasteiger partial charge in [0.05, 0.1) is 12.9 Å². The zero-order valence-corrected chi connectivity index (χ0v) is 7.93. The Morgan fingerprint density at radius 2 is 2.08 bits per heavy atom. The molecular formula is C11H14O2. The molecule has 70 valence electrons. The molecule has 0 aromatic carbocycles. The highest BCUT2D eigenvalue weighted by Crippen LogP contribution is 2.08. The molecule has 1 rings (SSSR count). The van der Waals surface area contributed by atoms with Crippen LogP contribution in [-0.2, 0) is 9.53 Å². The molecule has 1 aliphatic carbocycles. The number of ether oxygens (including phenoxy) is 1. The molecule has 0 radical (unpaired) electrons. The van der Waals surface area contributed by atoms with Crippen LogP contribution in [-0.4, -0.2) is 12.9 Å². The quantitative estimate of drug-likeness (QED) is 0.574. The summed E-state index contributed by atoms with van der Waals surface area (Å²) < 4.78 is 5.07. The summed E-state index contributed by atoms with van der Waals surface area (Å²) in [5, 5.41) is 0. The number of carbonyl (C=O) groups is 1.